The number of nitrogens with zero attached hydrogens (tertiary/aromatic N) is 1. The third-order valence-electron chi connectivity index (χ3n) is 11.1. The molecule has 0 amide bonds. The van der Waals surface area contributed by atoms with Crippen LogP contribution in [0.3, 0.4) is 0 Å². The van der Waals surface area contributed by atoms with E-state index in [0.29, 0.717) is 17.4 Å². The minimum atomic E-state index is -4.63. The van der Waals surface area contributed by atoms with Crippen molar-refractivity contribution in [3.63, 3.8) is 0 Å². The molecule has 9 nitrogen and oxygen atoms in total. The van der Waals surface area contributed by atoms with Crippen molar-refractivity contribution in [2.24, 2.45) is 0 Å². The first-order chi connectivity index (χ1) is 30.0. The van der Waals surface area contributed by atoms with Crippen molar-refractivity contribution < 1.29 is 42.1 Å². The molecule has 0 rings (SSSR count). The maximum Gasteiger partial charge on any atom is 0.306 e. The standard InChI is InChI=1S/C52H98NO8P/c1-6-8-10-12-14-16-18-20-22-23-24-25-26-27-28-29-31-32-34-36-38-40-42-44-51(54)58-48-50(49-60-62(56,57)59-47-46-53(3,4)5)61-52(55)45-43-41-39-37-35-33-30-21-19-17-15-13-11-9-7-2/h15,17,21,23-24,30,50H,6-14,16,18-20,22,25-29,31-49H2,1-5H3/b17-15-,24-23-,30-21-. The number of quaternary nitrogens is 1. The second-order valence-electron chi connectivity index (χ2n) is 18.5. The second kappa shape index (κ2) is 44.4. The summed E-state index contributed by atoms with van der Waals surface area (Å²) in [4.78, 5) is 37.7. The number of allylic oxidation sites excluding steroid dienone is 6. The zero-order valence-electron chi connectivity index (χ0n) is 41.1. The summed E-state index contributed by atoms with van der Waals surface area (Å²) in [7, 11) is 1.16. The third-order valence-corrected chi connectivity index (χ3v) is 12.1. The Bertz CT molecular complexity index is 1150. The van der Waals surface area contributed by atoms with Gasteiger partial charge in [0.15, 0.2) is 6.10 Å². The lowest BCUT2D eigenvalue weighted by Crippen LogP contribution is -2.37. The van der Waals surface area contributed by atoms with Crippen LogP contribution in [-0.4, -0.2) is 70.0 Å². The van der Waals surface area contributed by atoms with Crippen molar-refractivity contribution in [1.82, 2.24) is 0 Å². The highest BCUT2D eigenvalue weighted by molar-refractivity contribution is 7.45. The highest BCUT2D eigenvalue weighted by atomic mass is 31.2. The van der Waals surface area contributed by atoms with Gasteiger partial charge in [-0.15, -0.1) is 0 Å². The Morgan fingerprint density at radius 1 is 0.500 bits per heavy atom. The van der Waals surface area contributed by atoms with Crippen LogP contribution in [0.4, 0.5) is 0 Å². The van der Waals surface area contributed by atoms with Crippen molar-refractivity contribution in [2.75, 3.05) is 47.5 Å². The molecule has 0 bridgehead atoms. The van der Waals surface area contributed by atoms with E-state index in [2.05, 4.69) is 50.3 Å². The number of esters is 2. The number of phosphoric ester groups is 1. The summed E-state index contributed by atoms with van der Waals surface area (Å²) < 4.78 is 34.0. The van der Waals surface area contributed by atoms with E-state index in [0.717, 1.165) is 57.8 Å². The molecule has 0 aromatic heterocycles. The SMILES string of the molecule is CCCCC/C=C\C/C=C\CCCCCCCC(=O)OC(COC(=O)CCCCCCCCCCCCC/C=C\CCCCCCCCCC)COP(=O)([O-])OCC[N+](C)(C)C. The fourth-order valence-corrected chi connectivity index (χ4v) is 7.82. The fourth-order valence-electron chi connectivity index (χ4n) is 7.09. The Morgan fingerprint density at radius 3 is 1.32 bits per heavy atom. The number of rotatable bonds is 47. The van der Waals surface area contributed by atoms with Gasteiger partial charge in [0.05, 0.1) is 27.7 Å². The normalized spacial score (nSPS) is 13.7. The van der Waals surface area contributed by atoms with E-state index in [1.54, 1.807) is 0 Å². The quantitative estimate of drug-likeness (QED) is 0.0195. The van der Waals surface area contributed by atoms with Gasteiger partial charge in [-0.05, 0) is 70.6 Å². The highest BCUT2D eigenvalue weighted by Crippen LogP contribution is 2.38. The van der Waals surface area contributed by atoms with Crippen LogP contribution in [0.1, 0.15) is 232 Å². The van der Waals surface area contributed by atoms with Crippen molar-refractivity contribution in [3.05, 3.63) is 36.5 Å². The zero-order valence-corrected chi connectivity index (χ0v) is 42.0. The first kappa shape index (κ1) is 60.2. The molecule has 10 heteroatoms. The number of likely N-dealkylation sites (N-methyl/N-ethyl adjacent to an activating group) is 1. The van der Waals surface area contributed by atoms with Gasteiger partial charge in [0.25, 0.3) is 7.82 Å². The molecule has 0 aliphatic heterocycles. The Hall–Kier alpha value is -1.77. The van der Waals surface area contributed by atoms with E-state index in [1.165, 1.54) is 141 Å². The lowest BCUT2D eigenvalue weighted by Gasteiger charge is -2.28. The predicted octanol–water partition coefficient (Wildman–Crippen LogP) is 14.6. The molecule has 0 radical (unpaired) electrons. The molecule has 0 aromatic carbocycles. The van der Waals surface area contributed by atoms with Gasteiger partial charge in [0, 0.05) is 12.8 Å². The van der Waals surface area contributed by atoms with Gasteiger partial charge in [-0.3, -0.25) is 14.2 Å². The fraction of sp³-hybridized carbons (Fsp3) is 0.846. The molecular formula is C52H98NO8P. The monoisotopic (exact) mass is 896 g/mol. The topological polar surface area (TPSA) is 111 Å². The maximum atomic E-state index is 12.7. The van der Waals surface area contributed by atoms with E-state index in [9.17, 15) is 19.0 Å². The van der Waals surface area contributed by atoms with Crippen LogP contribution in [0, 0.1) is 0 Å². The molecule has 0 saturated heterocycles. The average Bonchev–Trinajstić information content (AvgIpc) is 3.23. The number of unbranched alkanes of at least 4 members (excludes halogenated alkanes) is 27. The van der Waals surface area contributed by atoms with Gasteiger partial charge < -0.3 is 27.9 Å². The summed E-state index contributed by atoms with van der Waals surface area (Å²) in [6.07, 6.45) is 51.8. The van der Waals surface area contributed by atoms with E-state index < -0.39 is 26.5 Å². The van der Waals surface area contributed by atoms with Crippen LogP contribution in [0.25, 0.3) is 0 Å². The van der Waals surface area contributed by atoms with E-state index in [-0.39, 0.29) is 32.0 Å². The van der Waals surface area contributed by atoms with E-state index in [4.69, 9.17) is 18.5 Å². The number of hydrogen-bond acceptors (Lipinski definition) is 8. The average molecular weight is 896 g/mol. The van der Waals surface area contributed by atoms with Crippen molar-refractivity contribution >= 4 is 19.8 Å². The second-order valence-corrected chi connectivity index (χ2v) is 19.9. The zero-order chi connectivity index (χ0) is 45.7. The smallest absolute Gasteiger partial charge is 0.306 e. The van der Waals surface area contributed by atoms with Gasteiger partial charge in [-0.1, -0.05) is 185 Å². The Kier molecular flexibility index (Phi) is 43.2. The number of carbonyl (C=O) groups excluding carboxylic acids is 2. The van der Waals surface area contributed by atoms with Gasteiger partial charge in [0.1, 0.15) is 19.8 Å². The van der Waals surface area contributed by atoms with Gasteiger partial charge in [0.2, 0.25) is 0 Å². The minimum Gasteiger partial charge on any atom is -0.756 e. The molecule has 0 heterocycles. The number of ether oxygens (including phenoxy) is 2. The third kappa shape index (κ3) is 47.7. The first-order valence-corrected chi connectivity index (χ1v) is 27.2. The van der Waals surface area contributed by atoms with Gasteiger partial charge in [-0.25, -0.2) is 0 Å². The van der Waals surface area contributed by atoms with Crippen molar-refractivity contribution in [1.29, 1.82) is 0 Å². The summed E-state index contributed by atoms with van der Waals surface area (Å²) in [5.74, 6) is -0.845. The number of hydrogen-bond donors (Lipinski definition) is 0. The molecule has 2 unspecified atom stereocenters. The minimum absolute atomic E-state index is 0.0335. The Balaban J connectivity index is 4.21. The summed E-state index contributed by atoms with van der Waals surface area (Å²) in [5, 5.41) is 0. The molecule has 0 N–H and O–H groups in total. The molecule has 62 heavy (non-hydrogen) atoms. The van der Waals surface area contributed by atoms with Crippen LogP contribution < -0.4 is 4.89 Å². The molecular weight excluding hydrogens is 798 g/mol. The molecule has 0 aliphatic carbocycles. The predicted molar refractivity (Wildman–Crippen MR) is 259 cm³/mol. The lowest BCUT2D eigenvalue weighted by molar-refractivity contribution is -0.870. The van der Waals surface area contributed by atoms with Crippen molar-refractivity contribution in [3.8, 4) is 0 Å². The molecule has 0 fully saturated rings. The van der Waals surface area contributed by atoms with Crippen LogP contribution in [0.2, 0.25) is 0 Å². The molecule has 0 spiro atoms. The van der Waals surface area contributed by atoms with E-state index >= 15 is 0 Å². The summed E-state index contributed by atoms with van der Waals surface area (Å²) in [6.45, 7) is 4.21. The molecule has 0 aliphatic rings. The molecule has 0 saturated carbocycles. The van der Waals surface area contributed by atoms with Crippen LogP contribution >= 0.6 is 7.82 Å². The van der Waals surface area contributed by atoms with Crippen molar-refractivity contribution in [2.45, 2.75) is 238 Å². The molecule has 0 aromatic rings. The lowest BCUT2D eigenvalue weighted by atomic mass is 10.0. The van der Waals surface area contributed by atoms with Crippen LogP contribution in [0.5, 0.6) is 0 Å². The van der Waals surface area contributed by atoms with Gasteiger partial charge >= 0.3 is 11.9 Å². The summed E-state index contributed by atoms with van der Waals surface area (Å²) in [5.41, 5.74) is 0. The largest absolute Gasteiger partial charge is 0.756 e. The highest BCUT2D eigenvalue weighted by Gasteiger charge is 2.21. The first-order valence-electron chi connectivity index (χ1n) is 25.7. The summed E-state index contributed by atoms with van der Waals surface area (Å²) >= 11 is 0. The van der Waals surface area contributed by atoms with E-state index in [1.807, 2.05) is 21.1 Å². The maximum absolute atomic E-state index is 12.7. The van der Waals surface area contributed by atoms with Gasteiger partial charge in [-0.2, -0.15) is 0 Å². The van der Waals surface area contributed by atoms with Crippen LogP contribution in [0.15, 0.2) is 36.5 Å². The Labute approximate surface area is 382 Å². The molecule has 364 valence electrons. The number of carbonyl (C=O) groups is 2. The number of phosphoric acid groups is 1. The summed E-state index contributed by atoms with van der Waals surface area (Å²) in [6, 6.07) is 0. The Morgan fingerprint density at radius 2 is 0.871 bits per heavy atom. The van der Waals surface area contributed by atoms with Crippen LogP contribution in [-0.2, 0) is 32.7 Å². The molecule has 2 atom stereocenters.